The molecule has 0 radical (unpaired) electrons. The van der Waals surface area contributed by atoms with E-state index in [0.29, 0.717) is 0 Å². The molecule has 0 N–H and O–H groups in total. The molecule has 0 unspecified atom stereocenters. The maximum atomic E-state index is 5.78. The van der Waals surface area contributed by atoms with E-state index < -0.39 is 6.83 Å². The van der Waals surface area contributed by atoms with Crippen molar-refractivity contribution >= 4 is 6.83 Å². The predicted octanol–water partition coefficient (Wildman–Crippen LogP) is 2.15. The van der Waals surface area contributed by atoms with Crippen LogP contribution in [0.3, 0.4) is 0 Å². The van der Waals surface area contributed by atoms with Crippen LogP contribution in [0.4, 0.5) is 0 Å². The Bertz CT molecular complexity index is 102. The zero-order valence-corrected chi connectivity index (χ0v) is 7.58. The number of hydrogen-bond donors (Lipinski definition) is 0. The van der Waals surface area contributed by atoms with Gasteiger partial charge < -0.3 is 0 Å². The summed E-state index contributed by atoms with van der Waals surface area (Å²) in [6, 6.07) is 0. The van der Waals surface area contributed by atoms with Gasteiger partial charge in [0.15, 0.2) is 0 Å². The molecule has 0 saturated carbocycles. The molecule has 1 fully saturated rings. The first kappa shape index (κ1) is 7.50. The van der Waals surface area contributed by atoms with Gasteiger partial charge in [-0.1, -0.05) is 0 Å². The second-order valence-electron chi connectivity index (χ2n) is 4.23. The van der Waals surface area contributed by atoms with Gasteiger partial charge in [0, 0.05) is 0 Å². The number of rotatable bonds is 0. The van der Waals surface area contributed by atoms with Gasteiger partial charge in [0.2, 0.25) is 0 Å². The molecule has 0 atom stereocenters. The minimum atomic E-state index is -1.54. The Labute approximate surface area is 57.8 Å². The van der Waals surface area contributed by atoms with Crippen LogP contribution < -0.4 is 0 Å². The van der Waals surface area contributed by atoms with Gasteiger partial charge in [0.1, 0.15) is 0 Å². The summed E-state index contributed by atoms with van der Waals surface area (Å²) >= 11 is 0. The Morgan fingerprint density at radius 3 is 2.00 bits per heavy atom. The van der Waals surface area contributed by atoms with E-state index in [1.54, 1.807) is 0 Å². The topological polar surface area (TPSA) is 9.23 Å². The fourth-order valence-corrected chi connectivity index (χ4v) is 3.46. The first-order chi connectivity index (χ1) is 3.97. The molecule has 1 aliphatic heterocycles. The van der Waals surface area contributed by atoms with E-state index in [9.17, 15) is 0 Å². The second-order valence-corrected chi connectivity index (χ2v) is 10.9. The molecule has 1 aliphatic rings. The van der Waals surface area contributed by atoms with E-state index >= 15 is 0 Å². The van der Waals surface area contributed by atoms with Gasteiger partial charge >= 0.3 is 57.0 Å². The van der Waals surface area contributed by atoms with Crippen molar-refractivity contribution in [2.45, 2.75) is 12.8 Å². The maximum absolute atomic E-state index is 5.78. The minimum absolute atomic E-state index is 1.00. The SMILES string of the molecule is CP1(C)(C)CCCCO1. The first-order valence-corrected chi connectivity index (χ1v) is 7.31. The van der Waals surface area contributed by atoms with Crippen molar-refractivity contribution in [1.82, 2.24) is 0 Å². The summed E-state index contributed by atoms with van der Waals surface area (Å²) in [5, 5.41) is 0. The van der Waals surface area contributed by atoms with Crippen LogP contribution in [0.1, 0.15) is 12.8 Å². The molecule has 2 heteroatoms. The summed E-state index contributed by atoms with van der Waals surface area (Å²) in [6.07, 6.45) is 3.97. The summed E-state index contributed by atoms with van der Waals surface area (Å²) in [5.41, 5.74) is 0. The van der Waals surface area contributed by atoms with Crippen LogP contribution in [0, 0.1) is 0 Å². The molecule has 1 nitrogen and oxygen atoms in total. The molecule has 1 rings (SSSR count). The second kappa shape index (κ2) is 1.93. The Balaban J connectivity index is 2.58. The molecule has 56 valence electrons. The Morgan fingerprint density at radius 1 is 1.11 bits per heavy atom. The molecule has 9 heavy (non-hydrogen) atoms. The van der Waals surface area contributed by atoms with E-state index in [2.05, 4.69) is 20.0 Å². The van der Waals surface area contributed by atoms with Crippen LogP contribution in [0.2, 0.25) is 0 Å². The Morgan fingerprint density at radius 2 is 1.78 bits per heavy atom. The summed E-state index contributed by atoms with van der Waals surface area (Å²) in [4.78, 5) is 0. The average molecular weight is 148 g/mol. The van der Waals surface area contributed by atoms with E-state index in [-0.39, 0.29) is 0 Å². The summed E-state index contributed by atoms with van der Waals surface area (Å²) in [5.74, 6) is 0. The molecule has 0 aliphatic carbocycles. The van der Waals surface area contributed by atoms with Crippen LogP contribution in [0.15, 0.2) is 0 Å². The van der Waals surface area contributed by atoms with Crippen molar-refractivity contribution < 1.29 is 4.52 Å². The van der Waals surface area contributed by atoms with Crippen LogP contribution >= 0.6 is 6.83 Å². The molecule has 0 aromatic rings. The summed E-state index contributed by atoms with van der Waals surface area (Å²) in [7, 11) is 0. The Hall–Kier alpha value is 0.390. The molecular formula is C7H17OP. The van der Waals surface area contributed by atoms with Crippen LogP contribution in [-0.4, -0.2) is 32.8 Å². The summed E-state index contributed by atoms with van der Waals surface area (Å²) < 4.78 is 5.78. The van der Waals surface area contributed by atoms with Gasteiger partial charge in [0.25, 0.3) is 0 Å². The molecular weight excluding hydrogens is 131 g/mol. The van der Waals surface area contributed by atoms with Crippen molar-refractivity contribution in [3.05, 3.63) is 0 Å². The van der Waals surface area contributed by atoms with E-state index in [4.69, 9.17) is 4.52 Å². The fraction of sp³-hybridized carbons (Fsp3) is 1.00. The first-order valence-electron chi connectivity index (χ1n) is 3.63. The van der Waals surface area contributed by atoms with Crippen molar-refractivity contribution in [3.8, 4) is 0 Å². The van der Waals surface area contributed by atoms with E-state index in [1.807, 2.05) is 0 Å². The fourth-order valence-electron chi connectivity index (χ4n) is 1.22. The third-order valence-electron chi connectivity index (χ3n) is 1.88. The zero-order chi connectivity index (χ0) is 6.98. The van der Waals surface area contributed by atoms with E-state index in [1.165, 1.54) is 19.0 Å². The molecule has 1 saturated heterocycles. The van der Waals surface area contributed by atoms with Gasteiger partial charge in [-0.25, -0.2) is 0 Å². The van der Waals surface area contributed by atoms with Crippen molar-refractivity contribution in [1.29, 1.82) is 0 Å². The number of hydrogen-bond acceptors (Lipinski definition) is 1. The molecule has 0 amide bonds. The van der Waals surface area contributed by atoms with Crippen LogP contribution in [0.5, 0.6) is 0 Å². The summed E-state index contributed by atoms with van der Waals surface area (Å²) in [6.45, 7) is 6.39. The van der Waals surface area contributed by atoms with Crippen molar-refractivity contribution in [2.75, 3.05) is 32.8 Å². The molecule has 0 aromatic heterocycles. The van der Waals surface area contributed by atoms with Crippen molar-refractivity contribution in [3.63, 3.8) is 0 Å². The van der Waals surface area contributed by atoms with Gasteiger partial charge in [-0.2, -0.15) is 0 Å². The van der Waals surface area contributed by atoms with Gasteiger partial charge in [-0.3, -0.25) is 0 Å². The molecule has 0 spiro atoms. The van der Waals surface area contributed by atoms with Crippen LogP contribution in [-0.2, 0) is 4.52 Å². The third-order valence-corrected chi connectivity index (χ3v) is 4.86. The molecule has 0 bridgehead atoms. The quantitative estimate of drug-likeness (QED) is 0.478. The van der Waals surface area contributed by atoms with Crippen molar-refractivity contribution in [2.24, 2.45) is 0 Å². The monoisotopic (exact) mass is 148 g/mol. The third kappa shape index (κ3) is 2.23. The Kier molecular flexibility index (Phi) is 1.61. The van der Waals surface area contributed by atoms with Gasteiger partial charge in [-0.05, 0) is 0 Å². The standard InChI is InChI=1S/C7H17OP/c1-9(2,3)7-5-4-6-8-9/h4-7H2,1-3H3. The average Bonchev–Trinajstić information content (AvgIpc) is 1.62. The normalized spacial score (nSPS) is 36.6. The van der Waals surface area contributed by atoms with Crippen LogP contribution in [0.25, 0.3) is 0 Å². The van der Waals surface area contributed by atoms with Gasteiger partial charge in [0.05, 0.1) is 0 Å². The van der Waals surface area contributed by atoms with Gasteiger partial charge in [-0.15, -0.1) is 0 Å². The predicted molar refractivity (Wildman–Crippen MR) is 44.7 cm³/mol. The molecule has 0 aromatic carbocycles. The van der Waals surface area contributed by atoms with E-state index in [0.717, 1.165) is 6.61 Å². The zero-order valence-electron chi connectivity index (χ0n) is 6.68. The molecule has 1 heterocycles.